The number of nitrogens with zero attached hydrogens (tertiary/aromatic N) is 3. The van der Waals surface area contributed by atoms with Crippen LogP contribution < -0.4 is 11.2 Å². The average Bonchev–Trinajstić information content (AvgIpc) is 3.15. The van der Waals surface area contributed by atoms with E-state index in [1.54, 1.807) is 13.1 Å². The summed E-state index contributed by atoms with van der Waals surface area (Å²) in [5.41, 5.74) is 4.25. The molecule has 0 amide bonds. The second kappa shape index (κ2) is 7.46. The van der Waals surface area contributed by atoms with Crippen LogP contribution in [0.25, 0.3) is 22.2 Å². The molecule has 176 valence electrons. The van der Waals surface area contributed by atoms with Gasteiger partial charge in [0.15, 0.2) is 0 Å². The van der Waals surface area contributed by atoms with Gasteiger partial charge >= 0.3 is 5.69 Å². The van der Waals surface area contributed by atoms with Crippen molar-refractivity contribution in [3.8, 4) is 17.0 Å². The fraction of sp³-hybridized carbons (Fsp3) is 0.333. The van der Waals surface area contributed by atoms with Crippen LogP contribution in [-0.4, -0.2) is 25.4 Å². The summed E-state index contributed by atoms with van der Waals surface area (Å²) in [6.45, 7) is 8.41. The van der Waals surface area contributed by atoms with Crippen molar-refractivity contribution < 1.29 is 9.84 Å². The standard InChI is InChI=1S/C27H29N3O4/c1-15-7-10-17(11-8-15)21-20-22(28(5)26(33)29(6)25(20)32)23-24(34-14-27(3,4)30(21)23)18-12-9-16(2)13-19(18)31/h7-13,24,31H,14H2,1-6H3/t24-/m1/s1. The van der Waals surface area contributed by atoms with E-state index in [9.17, 15) is 14.7 Å². The summed E-state index contributed by atoms with van der Waals surface area (Å²) in [4.78, 5) is 26.6. The van der Waals surface area contributed by atoms with Gasteiger partial charge in [0, 0.05) is 19.7 Å². The molecule has 4 aromatic rings. The molecule has 1 atom stereocenters. The Hall–Kier alpha value is -3.58. The van der Waals surface area contributed by atoms with E-state index in [4.69, 9.17) is 4.74 Å². The lowest BCUT2D eigenvalue weighted by Gasteiger charge is -2.39. The Morgan fingerprint density at radius 2 is 1.62 bits per heavy atom. The van der Waals surface area contributed by atoms with Crippen LogP contribution in [0.5, 0.6) is 5.75 Å². The third-order valence-corrected chi connectivity index (χ3v) is 6.86. The molecule has 34 heavy (non-hydrogen) atoms. The van der Waals surface area contributed by atoms with E-state index in [1.165, 1.54) is 11.6 Å². The van der Waals surface area contributed by atoms with Gasteiger partial charge in [0.25, 0.3) is 5.56 Å². The van der Waals surface area contributed by atoms with E-state index in [1.807, 2.05) is 50.2 Å². The molecule has 0 bridgehead atoms. The van der Waals surface area contributed by atoms with Crippen LogP contribution in [0.4, 0.5) is 0 Å². The van der Waals surface area contributed by atoms with E-state index < -0.39 is 17.3 Å². The minimum atomic E-state index is -0.645. The van der Waals surface area contributed by atoms with Crippen LogP contribution in [0.1, 0.15) is 42.3 Å². The monoisotopic (exact) mass is 459 g/mol. The van der Waals surface area contributed by atoms with Gasteiger partial charge in [-0.25, -0.2) is 4.79 Å². The molecule has 0 saturated carbocycles. The summed E-state index contributed by atoms with van der Waals surface area (Å²) < 4.78 is 11.2. The molecule has 1 N–H and O–H groups in total. The highest BCUT2D eigenvalue weighted by molar-refractivity contribution is 5.97. The lowest BCUT2D eigenvalue weighted by atomic mass is 9.97. The Morgan fingerprint density at radius 3 is 2.26 bits per heavy atom. The highest BCUT2D eigenvalue weighted by Gasteiger charge is 2.41. The summed E-state index contributed by atoms with van der Waals surface area (Å²) in [5.74, 6) is 0.122. The second-order valence-corrected chi connectivity index (χ2v) is 9.93. The zero-order chi connectivity index (χ0) is 24.5. The minimum absolute atomic E-state index is 0.122. The molecule has 7 heteroatoms. The highest BCUT2D eigenvalue weighted by Crippen LogP contribution is 2.46. The predicted octanol–water partition coefficient (Wildman–Crippen LogP) is 3.88. The van der Waals surface area contributed by atoms with Crippen molar-refractivity contribution in [1.82, 2.24) is 13.7 Å². The Kier molecular flexibility index (Phi) is 4.88. The molecule has 0 aliphatic carbocycles. The Bertz CT molecular complexity index is 1570. The van der Waals surface area contributed by atoms with Crippen LogP contribution in [0.3, 0.4) is 0 Å². The molecule has 7 nitrogen and oxygen atoms in total. The number of rotatable bonds is 2. The molecule has 2 aromatic heterocycles. The zero-order valence-corrected chi connectivity index (χ0v) is 20.3. The van der Waals surface area contributed by atoms with Gasteiger partial charge in [-0.2, -0.15) is 0 Å². The van der Waals surface area contributed by atoms with Crippen molar-refractivity contribution in [3.63, 3.8) is 0 Å². The van der Waals surface area contributed by atoms with Crippen LogP contribution >= 0.6 is 0 Å². The molecule has 5 rings (SSSR count). The first-order valence-corrected chi connectivity index (χ1v) is 11.4. The first-order valence-electron chi connectivity index (χ1n) is 11.4. The van der Waals surface area contributed by atoms with Crippen molar-refractivity contribution in [2.75, 3.05) is 6.61 Å². The van der Waals surface area contributed by atoms with Crippen LogP contribution in [0, 0.1) is 13.8 Å². The van der Waals surface area contributed by atoms with Crippen LogP contribution in [0.15, 0.2) is 52.1 Å². The zero-order valence-electron chi connectivity index (χ0n) is 20.3. The Morgan fingerprint density at radius 1 is 0.971 bits per heavy atom. The molecule has 0 saturated heterocycles. The second-order valence-electron chi connectivity index (χ2n) is 9.93. The summed E-state index contributed by atoms with van der Waals surface area (Å²) >= 11 is 0. The van der Waals surface area contributed by atoms with Crippen molar-refractivity contribution in [2.24, 2.45) is 14.1 Å². The Labute approximate surface area is 197 Å². The smallest absolute Gasteiger partial charge is 0.331 e. The maximum absolute atomic E-state index is 13.6. The van der Waals surface area contributed by atoms with Gasteiger partial charge in [0.2, 0.25) is 0 Å². The molecular weight excluding hydrogens is 430 g/mol. The SMILES string of the molecule is Cc1ccc(-c2c3c(=O)n(C)c(=O)n(C)c3c3n2C(C)(C)CO[C@@H]3c2ccc(C)cc2O)cc1. The predicted molar refractivity (Wildman–Crippen MR) is 133 cm³/mol. The van der Waals surface area contributed by atoms with E-state index in [0.717, 1.165) is 27.0 Å². The number of phenols is 1. The maximum atomic E-state index is 13.6. The van der Waals surface area contributed by atoms with Gasteiger partial charge < -0.3 is 14.4 Å². The first kappa shape index (κ1) is 22.2. The lowest BCUT2D eigenvalue weighted by molar-refractivity contribution is -0.00799. The number of aromatic hydroxyl groups is 1. The highest BCUT2D eigenvalue weighted by atomic mass is 16.5. The number of aryl methyl sites for hydroxylation is 3. The van der Waals surface area contributed by atoms with Gasteiger partial charge in [-0.3, -0.25) is 13.9 Å². The number of benzene rings is 2. The summed E-state index contributed by atoms with van der Waals surface area (Å²) in [6, 6.07) is 13.5. The quantitative estimate of drug-likeness (QED) is 0.493. The summed E-state index contributed by atoms with van der Waals surface area (Å²) in [6.07, 6.45) is -0.645. The number of aromatic nitrogens is 3. The molecule has 0 spiro atoms. The van der Waals surface area contributed by atoms with Gasteiger partial charge in [-0.05, 0) is 44.9 Å². The van der Waals surface area contributed by atoms with Crippen molar-refractivity contribution in [3.05, 3.63) is 85.7 Å². The topological polar surface area (TPSA) is 78.4 Å². The van der Waals surface area contributed by atoms with E-state index >= 15 is 0 Å². The Balaban J connectivity index is 2.01. The minimum Gasteiger partial charge on any atom is -0.508 e. The molecule has 1 aliphatic rings. The molecule has 0 radical (unpaired) electrons. The number of hydrogen-bond donors (Lipinski definition) is 1. The molecular formula is C27H29N3O4. The number of ether oxygens (including phenoxy) is 1. The van der Waals surface area contributed by atoms with Crippen LogP contribution in [0.2, 0.25) is 0 Å². The average molecular weight is 460 g/mol. The number of hydrogen-bond acceptors (Lipinski definition) is 4. The van der Waals surface area contributed by atoms with Gasteiger partial charge in [0.1, 0.15) is 11.9 Å². The maximum Gasteiger partial charge on any atom is 0.331 e. The van der Waals surface area contributed by atoms with Crippen molar-refractivity contribution in [1.29, 1.82) is 0 Å². The van der Waals surface area contributed by atoms with Gasteiger partial charge in [-0.1, -0.05) is 42.0 Å². The van der Waals surface area contributed by atoms with E-state index in [0.29, 0.717) is 28.8 Å². The summed E-state index contributed by atoms with van der Waals surface area (Å²) in [5, 5.41) is 11.3. The largest absolute Gasteiger partial charge is 0.508 e. The molecule has 3 heterocycles. The fourth-order valence-electron chi connectivity index (χ4n) is 5.09. The first-order chi connectivity index (χ1) is 16.0. The van der Waals surface area contributed by atoms with Gasteiger partial charge in [-0.15, -0.1) is 0 Å². The third kappa shape index (κ3) is 3.07. The molecule has 0 unspecified atom stereocenters. The number of fused-ring (bicyclic) bond motifs is 3. The lowest BCUT2D eigenvalue weighted by Crippen LogP contribution is -2.40. The number of phenolic OH excluding ortho intramolecular Hbond substituents is 1. The normalized spacial score (nSPS) is 17.2. The molecule has 1 aliphatic heterocycles. The van der Waals surface area contributed by atoms with E-state index in [2.05, 4.69) is 18.4 Å². The van der Waals surface area contributed by atoms with Crippen molar-refractivity contribution >= 4 is 10.9 Å². The fourth-order valence-corrected chi connectivity index (χ4v) is 5.09. The van der Waals surface area contributed by atoms with Crippen LogP contribution in [-0.2, 0) is 24.4 Å². The third-order valence-electron chi connectivity index (χ3n) is 6.86. The molecule has 2 aromatic carbocycles. The van der Waals surface area contributed by atoms with E-state index in [-0.39, 0.29) is 11.3 Å². The molecule has 0 fully saturated rings. The van der Waals surface area contributed by atoms with Crippen molar-refractivity contribution in [2.45, 2.75) is 39.3 Å². The summed E-state index contributed by atoms with van der Waals surface area (Å²) in [7, 11) is 3.18. The van der Waals surface area contributed by atoms with Gasteiger partial charge in [0.05, 0.1) is 34.4 Å².